The number of hydrogen-bond acceptors (Lipinski definition) is 6. The van der Waals surface area contributed by atoms with Crippen LogP contribution in [-0.4, -0.2) is 21.0 Å². The number of hydrazine groups is 1. The number of hydrogen-bond donors (Lipinski definition) is 2. The Balaban J connectivity index is 1.45. The first-order valence-corrected chi connectivity index (χ1v) is 8.09. The molecule has 2 aromatic heterocycles. The van der Waals surface area contributed by atoms with Crippen molar-refractivity contribution in [1.82, 2.24) is 20.6 Å². The molecule has 0 saturated heterocycles. The van der Waals surface area contributed by atoms with E-state index in [-0.39, 0.29) is 11.7 Å². The van der Waals surface area contributed by atoms with Gasteiger partial charge < -0.3 is 4.52 Å². The van der Waals surface area contributed by atoms with Gasteiger partial charge in [0, 0.05) is 16.0 Å². The molecular formula is C18H12ClN5O2. The number of halogens is 1. The first kappa shape index (κ1) is 16.0. The van der Waals surface area contributed by atoms with Gasteiger partial charge in [0.2, 0.25) is 5.82 Å². The average Bonchev–Trinajstić information content (AvgIpc) is 3.15. The molecule has 0 spiro atoms. The molecule has 8 heteroatoms. The van der Waals surface area contributed by atoms with Gasteiger partial charge in [-0.1, -0.05) is 41.0 Å². The summed E-state index contributed by atoms with van der Waals surface area (Å²) in [5.74, 6) is -0.0377. The van der Waals surface area contributed by atoms with Crippen molar-refractivity contribution < 1.29 is 9.32 Å². The maximum atomic E-state index is 12.2. The van der Waals surface area contributed by atoms with Crippen LogP contribution in [0.25, 0.3) is 22.3 Å². The SMILES string of the molecule is O=C(NNc1nc(-c2ccc(Cl)cc2)no1)c1ccc2ccccc2n1. The maximum absolute atomic E-state index is 12.2. The van der Waals surface area contributed by atoms with E-state index in [2.05, 4.69) is 26.0 Å². The summed E-state index contributed by atoms with van der Waals surface area (Å²) in [4.78, 5) is 20.7. The number of carbonyl (C=O) groups is 1. The zero-order valence-electron chi connectivity index (χ0n) is 13.3. The van der Waals surface area contributed by atoms with Crippen molar-refractivity contribution in [2.45, 2.75) is 0 Å². The lowest BCUT2D eigenvalue weighted by Crippen LogP contribution is -2.30. The molecule has 0 fully saturated rings. The quantitative estimate of drug-likeness (QED) is 0.536. The van der Waals surface area contributed by atoms with Crippen LogP contribution in [0.2, 0.25) is 5.02 Å². The summed E-state index contributed by atoms with van der Waals surface area (Å²) < 4.78 is 5.07. The Morgan fingerprint density at radius 2 is 1.77 bits per heavy atom. The van der Waals surface area contributed by atoms with Gasteiger partial charge in [0.15, 0.2) is 0 Å². The number of aromatic nitrogens is 3. The van der Waals surface area contributed by atoms with Gasteiger partial charge in [-0.15, -0.1) is 0 Å². The molecule has 26 heavy (non-hydrogen) atoms. The zero-order chi connectivity index (χ0) is 17.9. The third-order valence-electron chi connectivity index (χ3n) is 3.64. The predicted molar refractivity (Wildman–Crippen MR) is 97.6 cm³/mol. The summed E-state index contributed by atoms with van der Waals surface area (Å²) in [6.45, 7) is 0. The summed E-state index contributed by atoms with van der Waals surface area (Å²) in [7, 11) is 0. The molecule has 0 atom stereocenters. The highest BCUT2D eigenvalue weighted by atomic mass is 35.5. The minimum Gasteiger partial charge on any atom is -0.313 e. The molecule has 1 amide bonds. The van der Waals surface area contributed by atoms with Gasteiger partial charge in [0.25, 0.3) is 5.91 Å². The van der Waals surface area contributed by atoms with E-state index in [1.54, 1.807) is 30.3 Å². The Morgan fingerprint density at radius 1 is 0.962 bits per heavy atom. The number of para-hydroxylation sites is 1. The number of pyridine rings is 1. The van der Waals surface area contributed by atoms with Crippen LogP contribution >= 0.6 is 11.6 Å². The molecule has 128 valence electrons. The smallest absolute Gasteiger partial charge is 0.313 e. The topological polar surface area (TPSA) is 92.9 Å². The van der Waals surface area contributed by atoms with Crippen LogP contribution in [0.5, 0.6) is 0 Å². The van der Waals surface area contributed by atoms with Gasteiger partial charge in [-0.25, -0.2) is 10.4 Å². The summed E-state index contributed by atoms with van der Waals surface area (Å²) in [5.41, 5.74) is 6.83. The molecule has 0 radical (unpaired) electrons. The number of benzene rings is 2. The fourth-order valence-electron chi connectivity index (χ4n) is 2.36. The molecule has 7 nitrogen and oxygen atoms in total. The molecule has 2 N–H and O–H groups in total. The predicted octanol–water partition coefficient (Wildman–Crippen LogP) is 3.70. The highest BCUT2D eigenvalue weighted by Crippen LogP contribution is 2.19. The minimum absolute atomic E-state index is 0.0593. The normalized spacial score (nSPS) is 10.7. The van der Waals surface area contributed by atoms with E-state index < -0.39 is 5.91 Å². The minimum atomic E-state index is -0.415. The molecule has 0 unspecified atom stereocenters. The number of anilines is 1. The van der Waals surface area contributed by atoms with Crippen LogP contribution in [0.4, 0.5) is 6.01 Å². The average molecular weight is 366 g/mol. The van der Waals surface area contributed by atoms with E-state index in [4.69, 9.17) is 16.1 Å². The van der Waals surface area contributed by atoms with E-state index in [1.165, 1.54) is 0 Å². The molecule has 2 aromatic carbocycles. The number of fused-ring (bicyclic) bond motifs is 1. The fourth-order valence-corrected chi connectivity index (χ4v) is 2.48. The Hall–Kier alpha value is -3.45. The van der Waals surface area contributed by atoms with Crippen LogP contribution in [0.15, 0.2) is 65.2 Å². The van der Waals surface area contributed by atoms with Crippen LogP contribution in [0, 0.1) is 0 Å². The van der Waals surface area contributed by atoms with E-state index in [1.807, 2.05) is 30.3 Å². The van der Waals surface area contributed by atoms with Crippen molar-refractivity contribution >= 4 is 34.4 Å². The molecule has 0 aliphatic carbocycles. The van der Waals surface area contributed by atoms with Crippen LogP contribution < -0.4 is 10.9 Å². The molecule has 0 aliphatic heterocycles. The number of nitrogens with one attached hydrogen (secondary N) is 2. The highest BCUT2D eigenvalue weighted by Gasteiger charge is 2.11. The second-order valence-corrected chi connectivity index (χ2v) is 5.83. The van der Waals surface area contributed by atoms with Crippen LogP contribution in [0.3, 0.4) is 0 Å². The molecular weight excluding hydrogens is 354 g/mol. The van der Waals surface area contributed by atoms with Gasteiger partial charge >= 0.3 is 6.01 Å². The number of rotatable bonds is 4. The van der Waals surface area contributed by atoms with Crippen molar-refractivity contribution in [3.63, 3.8) is 0 Å². The third kappa shape index (κ3) is 3.33. The van der Waals surface area contributed by atoms with Crippen molar-refractivity contribution in [2.24, 2.45) is 0 Å². The van der Waals surface area contributed by atoms with Crippen LogP contribution in [0.1, 0.15) is 10.5 Å². The second kappa shape index (κ2) is 6.81. The summed E-state index contributed by atoms with van der Waals surface area (Å²) >= 11 is 5.85. The lowest BCUT2D eigenvalue weighted by molar-refractivity contribution is 0.0956. The molecule has 0 saturated carbocycles. The van der Waals surface area contributed by atoms with E-state index in [0.29, 0.717) is 10.8 Å². The third-order valence-corrected chi connectivity index (χ3v) is 3.89. The van der Waals surface area contributed by atoms with E-state index in [9.17, 15) is 4.79 Å². The van der Waals surface area contributed by atoms with Gasteiger partial charge in [0.1, 0.15) is 5.69 Å². The Labute approximate surface area is 153 Å². The van der Waals surface area contributed by atoms with Gasteiger partial charge in [-0.05, 0) is 36.4 Å². The Morgan fingerprint density at radius 3 is 2.62 bits per heavy atom. The Bertz CT molecular complexity index is 1080. The number of amides is 1. The van der Waals surface area contributed by atoms with Gasteiger partial charge in [-0.3, -0.25) is 10.2 Å². The van der Waals surface area contributed by atoms with E-state index >= 15 is 0 Å². The van der Waals surface area contributed by atoms with E-state index in [0.717, 1.165) is 16.5 Å². The number of carbonyl (C=O) groups excluding carboxylic acids is 1. The van der Waals surface area contributed by atoms with Gasteiger partial charge in [-0.2, -0.15) is 4.98 Å². The monoisotopic (exact) mass is 365 g/mol. The van der Waals surface area contributed by atoms with Crippen molar-refractivity contribution in [3.8, 4) is 11.4 Å². The molecule has 2 heterocycles. The second-order valence-electron chi connectivity index (χ2n) is 5.40. The largest absolute Gasteiger partial charge is 0.340 e. The van der Waals surface area contributed by atoms with Crippen molar-refractivity contribution in [3.05, 3.63) is 71.4 Å². The lowest BCUT2D eigenvalue weighted by atomic mass is 10.2. The van der Waals surface area contributed by atoms with Crippen molar-refractivity contribution in [2.75, 3.05) is 5.43 Å². The van der Waals surface area contributed by atoms with Gasteiger partial charge in [0.05, 0.1) is 5.52 Å². The highest BCUT2D eigenvalue weighted by molar-refractivity contribution is 6.30. The zero-order valence-corrected chi connectivity index (χ0v) is 14.1. The van der Waals surface area contributed by atoms with Crippen molar-refractivity contribution in [1.29, 1.82) is 0 Å². The fraction of sp³-hybridized carbons (Fsp3) is 0. The molecule has 4 aromatic rings. The Kier molecular flexibility index (Phi) is 4.20. The summed E-state index contributed by atoms with van der Waals surface area (Å²) in [5, 5.41) is 5.43. The lowest BCUT2D eigenvalue weighted by Gasteiger charge is -2.04. The first-order chi connectivity index (χ1) is 12.7. The first-order valence-electron chi connectivity index (χ1n) is 7.71. The summed E-state index contributed by atoms with van der Waals surface area (Å²) in [6.07, 6.45) is 0. The molecule has 0 bridgehead atoms. The maximum Gasteiger partial charge on any atom is 0.340 e. The molecule has 4 rings (SSSR count). The molecule has 0 aliphatic rings. The standard InChI is InChI=1S/C18H12ClN5O2/c19-13-8-5-12(6-9-13)16-21-18(26-24-16)23-22-17(25)15-10-7-11-3-1-2-4-14(11)20-15/h1-10H,(H,22,25)(H,21,23,24). The summed E-state index contributed by atoms with van der Waals surface area (Å²) in [6, 6.07) is 18.1. The van der Waals surface area contributed by atoms with Crippen LogP contribution in [-0.2, 0) is 0 Å². The number of nitrogens with zero attached hydrogens (tertiary/aromatic N) is 3.